The van der Waals surface area contributed by atoms with Crippen molar-refractivity contribution in [2.45, 2.75) is 33.2 Å². The van der Waals surface area contributed by atoms with Crippen molar-refractivity contribution < 1.29 is 14.3 Å². The molecule has 4 rings (SSSR count). The number of amides is 1. The third kappa shape index (κ3) is 5.68. The average molecular weight is 476 g/mol. The Hall–Kier alpha value is -4.14. The number of rotatable bonds is 10. The fraction of sp³-hybridized carbons (Fsp3) is 0.308. The molecule has 0 saturated carbocycles. The van der Waals surface area contributed by atoms with Crippen molar-refractivity contribution in [2.24, 2.45) is 5.92 Å². The second-order valence-corrected chi connectivity index (χ2v) is 8.35. The normalized spacial score (nSPS) is 11.9. The molecule has 0 aliphatic carbocycles. The van der Waals surface area contributed by atoms with Gasteiger partial charge in [0.05, 0.1) is 13.7 Å². The summed E-state index contributed by atoms with van der Waals surface area (Å²) in [5.41, 5.74) is 1.66. The van der Waals surface area contributed by atoms with Gasteiger partial charge >= 0.3 is 5.56 Å². The molecule has 0 aliphatic rings. The van der Waals surface area contributed by atoms with Crippen molar-refractivity contribution in [1.82, 2.24) is 24.5 Å². The van der Waals surface area contributed by atoms with E-state index in [0.717, 1.165) is 17.1 Å². The van der Waals surface area contributed by atoms with Crippen molar-refractivity contribution in [3.05, 3.63) is 82.7 Å². The summed E-state index contributed by atoms with van der Waals surface area (Å²) in [7, 11) is 1.61. The van der Waals surface area contributed by atoms with E-state index in [4.69, 9.17) is 9.47 Å². The maximum absolute atomic E-state index is 13.0. The summed E-state index contributed by atoms with van der Waals surface area (Å²) in [6.45, 7) is 4.91. The van der Waals surface area contributed by atoms with Crippen LogP contribution in [0, 0.1) is 5.92 Å². The quantitative estimate of drug-likeness (QED) is 0.378. The van der Waals surface area contributed by atoms with Gasteiger partial charge < -0.3 is 14.8 Å². The molecular formula is C26H29N5O4. The van der Waals surface area contributed by atoms with E-state index in [1.165, 1.54) is 4.57 Å². The Kier molecular flexibility index (Phi) is 7.45. The molecule has 1 N–H and O–H groups in total. The highest BCUT2D eigenvalue weighted by Gasteiger charge is 2.16. The molecule has 1 unspecified atom stereocenters. The summed E-state index contributed by atoms with van der Waals surface area (Å²) in [6.07, 6.45) is 4.32. The number of nitrogens with one attached hydrogen (secondary N) is 1. The number of nitrogens with zero attached hydrogens (tertiary/aromatic N) is 4. The first-order valence-corrected chi connectivity index (χ1v) is 11.6. The van der Waals surface area contributed by atoms with E-state index in [1.807, 2.05) is 62.4 Å². The van der Waals surface area contributed by atoms with Crippen LogP contribution < -0.4 is 20.3 Å². The Bertz CT molecular complexity index is 1360. The molecule has 9 heteroatoms. The lowest BCUT2D eigenvalue weighted by atomic mass is 10.0. The summed E-state index contributed by atoms with van der Waals surface area (Å²) in [6, 6.07) is 14.9. The zero-order chi connectivity index (χ0) is 24.8. The zero-order valence-electron chi connectivity index (χ0n) is 20.1. The van der Waals surface area contributed by atoms with E-state index in [0.29, 0.717) is 37.5 Å². The predicted octanol–water partition coefficient (Wildman–Crippen LogP) is 3.17. The van der Waals surface area contributed by atoms with Gasteiger partial charge in [-0.3, -0.25) is 18.6 Å². The van der Waals surface area contributed by atoms with E-state index < -0.39 is 0 Å². The first-order chi connectivity index (χ1) is 17.0. The fourth-order valence-electron chi connectivity index (χ4n) is 3.90. The molecule has 4 aromatic rings. The van der Waals surface area contributed by atoms with E-state index in [9.17, 15) is 9.59 Å². The number of ether oxygens (including phenoxy) is 2. The monoisotopic (exact) mass is 475 g/mol. The van der Waals surface area contributed by atoms with Crippen LogP contribution in [0.1, 0.15) is 31.7 Å². The van der Waals surface area contributed by atoms with Crippen LogP contribution in [-0.4, -0.2) is 38.8 Å². The Morgan fingerprint density at radius 3 is 2.63 bits per heavy atom. The van der Waals surface area contributed by atoms with E-state index in [-0.39, 0.29) is 23.0 Å². The second-order valence-electron chi connectivity index (χ2n) is 8.35. The van der Waals surface area contributed by atoms with Crippen molar-refractivity contribution in [2.75, 3.05) is 13.7 Å². The lowest BCUT2D eigenvalue weighted by Gasteiger charge is -2.12. The van der Waals surface area contributed by atoms with Gasteiger partial charge in [-0.2, -0.15) is 0 Å². The van der Waals surface area contributed by atoms with Crippen LogP contribution in [0.25, 0.3) is 11.3 Å². The highest BCUT2D eigenvalue weighted by atomic mass is 16.5. The van der Waals surface area contributed by atoms with Crippen LogP contribution in [0.2, 0.25) is 0 Å². The van der Waals surface area contributed by atoms with Gasteiger partial charge in [0.2, 0.25) is 11.6 Å². The average Bonchev–Trinajstić information content (AvgIpc) is 3.27. The maximum Gasteiger partial charge on any atom is 0.300 e. The Morgan fingerprint density at radius 1 is 1.09 bits per heavy atom. The lowest BCUT2D eigenvalue weighted by molar-refractivity contribution is -0.122. The standard InChI is InChI=1S/C26H29N5O4/c1-4-35-21-10-8-20(9-11-21)30-12-13-31-23(28-29-25(31)26(30)33)14-18(2)15-24(32)27-17-19-6-5-7-22(16-19)34-3/h5-13,16,18H,4,14-15,17H2,1-3H3,(H,27,32). The highest BCUT2D eigenvalue weighted by Crippen LogP contribution is 2.16. The number of fused-ring (bicyclic) bond motifs is 1. The number of methoxy groups -OCH3 is 1. The molecule has 2 aromatic heterocycles. The molecule has 2 heterocycles. The number of benzene rings is 2. The first-order valence-electron chi connectivity index (χ1n) is 11.6. The smallest absolute Gasteiger partial charge is 0.300 e. The van der Waals surface area contributed by atoms with Gasteiger partial charge in [-0.15, -0.1) is 10.2 Å². The minimum Gasteiger partial charge on any atom is -0.497 e. The van der Waals surface area contributed by atoms with Gasteiger partial charge in [0.1, 0.15) is 17.3 Å². The molecule has 1 amide bonds. The van der Waals surface area contributed by atoms with Crippen molar-refractivity contribution >= 4 is 11.6 Å². The first kappa shape index (κ1) is 24.0. The largest absolute Gasteiger partial charge is 0.497 e. The molecule has 182 valence electrons. The number of hydrogen-bond acceptors (Lipinski definition) is 6. The molecule has 0 fully saturated rings. The van der Waals surface area contributed by atoms with Gasteiger partial charge in [-0.25, -0.2) is 0 Å². The van der Waals surface area contributed by atoms with Crippen LogP contribution in [0.5, 0.6) is 11.5 Å². The molecule has 1 atom stereocenters. The van der Waals surface area contributed by atoms with Crippen molar-refractivity contribution in [1.29, 1.82) is 0 Å². The predicted molar refractivity (Wildman–Crippen MR) is 132 cm³/mol. The summed E-state index contributed by atoms with van der Waals surface area (Å²) in [4.78, 5) is 25.5. The van der Waals surface area contributed by atoms with Crippen LogP contribution in [0.15, 0.2) is 65.7 Å². The minimum absolute atomic E-state index is 0.0150. The van der Waals surface area contributed by atoms with Gasteiger partial charge in [-0.05, 0) is 54.8 Å². The number of aromatic nitrogens is 4. The van der Waals surface area contributed by atoms with Crippen molar-refractivity contribution in [3.63, 3.8) is 0 Å². The topological polar surface area (TPSA) is 99.8 Å². The van der Waals surface area contributed by atoms with Gasteiger partial charge in [0, 0.05) is 37.5 Å². The SMILES string of the molecule is CCOc1ccc(-n2ccn3c(CC(C)CC(=O)NCc4cccc(OC)c4)nnc3c2=O)cc1. The molecule has 0 bridgehead atoms. The van der Waals surface area contributed by atoms with E-state index in [1.54, 1.807) is 23.9 Å². The number of carbonyl (C=O) groups excluding carboxylic acids is 1. The Morgan fingerprint density at radius 2 is 1.89 bits per heavy atom. The Balaban J connectivity index is 1.40. The van der Waals surface area contributed by atoms with E-state index >= 15 is 0 Å². The summed E-state index contributed by atoms with van der Waals surface area (Å²) in [5.74, 6) is 2.11. The molecule has 2 aromatic carbocycles. The minimum atomic E-state index is -0.265. The van der Waals surface area contributed by atoms with Crippen LogP contribution in [0.4, 0.5) is 0 Å². The van der Waals surface area contributed by atoms with Crippen LogP contribution in [-0.2, 0) is 17.8 Å². The van der Waals surface area contributed by atoms with Gasteiger partial charge in [0.25, 0.3) is 0 Å². The molecule has 0 saturated heterocycles. The summed E-state index contributed by atoms with van der Waals surface area (Å²) < 4.78 is 13.9. The summed E-state index contributed by atoms with van der Waals surface area (Å²) >= 11 is 0. The maximum atomic E-state index is 13.0. The number of hydrogen-bond donors (Lipinski definition) is 1. The second kappa shape index (κ2) is 10.9. The molecule has 9 nitrogen and oxygen atoms in total. The molecule has 0 aliphatic heterocycles. The third-order valence-corrected chi connectivity index (χ3v) is 5.66. The van der Waals surface area contributed by atoms with E-state index in [2.05, 4.69) is 15.5 Å². The molecule has 0 spiro atoms. The lowest BCUT2D eigenvalue weighted by Crippen LogP contribution is -2.25. The Labute approximate surface area is 203 Å². The zero-order valence-corrected chi connectivity index (χ0v) is 20.1. The van der Waals surface area contributed by atoms with Gasteiger partial charge in [0.15, 0.2) is 0 Å². The molecular weight excluding hydrogens is 446 g/mol. The van der Waals surface area contributed by atoms with Gasteiger partial charge in [-0.1, -0.05) is 19.1 Å². The number of carbonyl (C=O) groups is 1. The highest BCUT2D eigenvalue weighted by molar-refractivity contribution is 5.76. The molecule has 35 heavy (non-hydrogen) atoms. The van der Waals surface area contributed by atoms with Crippen LogP contribution in [0.3, 0.4) is 0 Å². The molecule has 0 radical (unpaired) electrons. The summed E-state index contributed by atoms with van der Waals surface area (Å²) in [5, 5.41) is 11.3. The van der Waals surface area contributed by atoms with Crippen molar-refractivity contribution in [3.8, 4) is 17.2 Å². The third-order valence-electron chi connectivity index (χ3n) is 5.66. The fourth-order valence-corrected chi connectivity index (χ4v) is 3.90. The van der Waals surface area contributed by atoms with Crippen LogP contribution >= 0.6 is 0 Å².